The fourth-order valence-corrected chi connectivity index (χ4v) is 2.67. The number of carbonyl (C=O) groups excluding carboxylic acids is 2. The van der Waals surface area contributed by atoms with Crippen LogP contribution in [0.5, 0.6) is 5.75 Å². The number of ether oxygens (including phenoxy) is 1. The lowest BCUT2D eigenvalue weighted by Gasteiger charge is -2.06. The fourth-order valence-electron chi connectivity index (χ4n) is 2.67. The molecule has 156 valence electrons. The van der Waals surface area contributed by atoms with Crippen LogP contribution in [0.15, 0.2) is 48.5 Å². The second-order valence-electron chi connectivity index (χ2n) is 6.48. The first-order valence-electron chi connectivity index (χ1n) is 9.41. The number of benzene rings is 2. The number of methoxy groups -OCH3 is 1. The molecule has 30 heavy (non-hydrogen) atoms. The predicted molar refractivity (Wildman–Crippen MR) is 108 cm³/mol. The lowest BCUT2D eigenvalue weighted by molar-refractivity contribution is -0.121. The van der Waals surface area contributed by atoms with E-state index in [4.69, 9.17) is 4.74 Å². The third kappa shape index (κ3) is 5.87. The number of aromatic nitrogens is 3. The Hall–Kier alpha value is -3.75. The van der Waals surface area contributed by atoms with Gasteiger partial charge in [-0.3, -0.25) is 14.7 Å². The Labute approximate surface area is 172 Å². The Balaban J connectivity index is 1.37. The Kier molecular flexibility index (Phi) is 7.09. The van der Waals surface area contributed by atoms with Crippen molar-refractivity contribution in [2.24, 2.45) is 0 Å². The molecule has 0 aliphatic rings. The van der Waals surface area contributed by atoms with Gasteiger partial charge in [0.2, 0.25) is 5.91 Å². The minimum absolute atomic E-state index is 0.159. The van der Waals surface area contributed by atoms with E-state index in [-0.39, 0.29) is 24.8 Å². The lowest BCUT2D eigenvalue weighted by atomic mass is 10.2. The number of H-pyrrole nitrogens is 1. The zero-order valence-electron chi connectivity index (χ0n) is 16.4. The van der Waals surface area contributed by atoms with Gasteiger partial charge in [-0.05, 0) is 55.0 Å². The molecule has 1 heterocycles. The molecule has 3 N–H and O–H groups in total. The fraction of sp³-hybridized carbons (Fsp3) is 0.238. The summed E-state index contributed by atoms with van der Waals surface area (Å²) in [6.45, 7) is 0.567. The monoisotopic (exact) mass is 411 g/mol. The standard InChI is InChI=1S/C21H22FN5O3/c1-30-17-10-6-14(7-11-17)20-25-18(26-27-20)13-24-19(28)3-2-12-23-21(29)15-4-8-16(22)9-5-15/h4-11H,2-3,12-13H2,1H3,(H,23,29)(H,24,28)(H,25,26,27). The summed E-state index contributed by atoms with van der Waals surface area (Å²) in [6, 6.07) is 12.6. The molecule has 0 saturated carbocycles. The molecule has 8 nitrogen and oxygen atoms in total. The summed E-state index contributed by atoms with van der Waals surface area (Å²) in [5.41, 5.74) is 1.21. The largest absolute Gasteiger partial charge is 0.497 e. The quantitative estimate of drug-likeness (QED) is 0.469. The van der Waals surface area contributed by atoms with Crippen LogP contribution in [-0.4, -0.2) is 40.7 Å². The number of nitrogens with zero attached hydrogens (tertiary/aromatic N) is 2. The van der Waals surface area contributed by atoms with Crippen LogP contribution in [0.1, 0.15) is 29.0 Å². The highest BCUT2D eigenvalue weighted by molar-refractivity contribution is 5.94. The van der Waals surface area contributed by atoms with Crippen molar-refractivity contribution >= 4 is 11.8 Å². The first-order valence-corrected chi connectivity index (χ1v) is 9.41. The van der Waals surface area contributed by atoms with Gasteiger partial charge < -0.3 is 15.4 Å². The van der Waals surface area contributed by atoms with Gasteiger partial charge in [0.05, 0.1) is 13.7 Å². The maximum Gasteiger partial charge on any atom is 0.251 e. The summed E-state index contributed by atoms with van der Waals surface area (Å²) in [5.74, 6) is 0.961. The van der Waals surface area contributed by atoms with E-state index in [2.05, 4.69) is 25.8 Å². The van der Waals surface area contributed by atoms with Crippen molar-refractivity contribution in [1.82, 2.24) is 25.8 Å². The average molecular weight is 411 g/mol. The summed E-state index contributed by atoms with van der Waals surface area (Å²) >= 11 is 0. The van der Waals surface area contributed by atoms with Crippen molar-refractivity contribution in [3.05, 3.63) is 65.7 Å². The zero-order chi connectivity index (χ0) is 21.3. The number of rotatable bonds is 9. The van der Waals surface area contributed by atoms with Crippen LogP contribution in [0, 0.1) is 5.82 Å². The van der Waals surface area contributed by atoms with Gasteiger partial charge in [-0.15, -0.1) is 0 Å². The van der Waals surface area contributed by atoms with Crippen LogP contribution in [0.2, 0.25) is 0 Å². The van der Waals surface area contributed by atoms with Crippen molar-refractivity contribution in [1.29, 1.82) is 0 Å². The molecule has 2 aromatic carbocycles. The van der Waals surface area contributed by atoms with Crippen LogP contribution in [0.25, 0.3) is 11.4 Å². The summed E-state index contributed by atoms with van der Waals surface area (Å²) in [7, 11) is 1.60. The summed E-state index contributed by atoms with van der Waals surface area (Å²) in [4.78, 5) is 28.2. The van der Waals surface area contributed by atoms with Crippen LogP contribution in [0.4, 0.5) is 4.39 Å². The van der Waals surface area contributed by atoms with Gasteiger partial charge in [-0.25, -0.2) is 9.37 Å². The van der Waals surface area contributed by atoms with Crippen LogP contribution >= 0.6 is 0 Å². The second kappa shape index (κ2) is 10.1. The minimum atomic E-state index is -0.397. The normalized spacial score (nSPS) is 10.5. The second-order valence-corrected chi connectivity index (χ2v) is 6.48. The number of amides is 2. The van der Waals surface area contributed by atoms with Crippen LogP contribution in [-0.2, 0) is 11.3 Å². The van der Waals surface area contributed by atoms with E-state index in [1.165, 1.54) is 24.3 Å². The van der Waals surface area contributed by atoms with E-state index in [0.717, 1.165) is 11.3 Å². The van der Waals surface area contributed by atoms with Crippen molar-refractivity contribution in [2.75, 3.05) is 13.7 Å². The molecule has 0 saturated heterocycles. The van der Waals surface area contributed by atoms with Crippen molar-refractivity contribution in [3.63, 3.8) is 0 Å². The van der Waals surface area contributed by atoms with Crippen molar-refractivity contribution < 1.29 is 18.7 Å². The molecule has 0 atom stereocenters. The van der Waals surface area contributed by atoms with Gasteiger partial charge in [-0.1, -0.05) is 0 Å². The van der Waals surface area contributed by atoms with Gasteiger partial charge in [0.1, 0.15) is 17.4 Å². The first kappa shape index (κ1) is 21.0. The smallest absolute Gasteiger partial charge is 0.251 e. The summed E-state index contributed by atoms with van der Waals surface area (Å²) in [5, 5.41) is 12.4. The third-order valence-electron chi connectivity index (χ3n) is 4.31. The van der Waals surface area contributed by atoms with E-state index >= 15 is 0 Å². The number of carbonyl (C=O) groups is 2. The zero-order valence-corrected chi connectivity index (χ0v) is 16.4. The molecule has 0 fully saturated rings. The maximum atomic E-state index is 12.9. The van der Waals surface area contributed by atoms with Gasteiger partial charge in [0.15, 0.2) is 5.82 Å². The molecule has 2 amide bonds. The Morgan fingerprint density at radius 2 is 1.80 bits per heavy atom. The van der Waals surface area contributed by atoms with Crippen LogP contribution < -0.4 is 15.4 Å². The molecule has 1 aromatic heterocycles. The number of hydrogen-bond donors (Lipinski definition) is 3. The molecule has 9 heteroatoms. The van der Waals surface area contributed by atoms with E-state index in [9.17, 15) is 14.0 Å². The van der Waals surface area contributed by atoms with Crippen molar-refractivity contribution in [3.8, 4) is 17.1 Å². The van der Waals surface area contributed by atoms with Crippen LogP contribution in [0.3, 0.4) is 0 Å². The minimum Gasteiger partial charge on any atom is -0.497 e. The molecular formula is C21H22FN5O3. The molecular weight excluding hydrogens is 389 g/mol. The molecule has 3 rings (SSSR count). The highest BCUT2D eigenvalue weighted by Crippen LogP contribution is 2.18. The third-order valence-corrected chi connectivity index (χ3v) is 4.31. The molecule has 0 bridgehead atoms. The van der Waals surface area contributed by atoms with E-state index in [1.54, 1.807) is 7.11 Å². The molecule has 0 unspecified atom stereocenters. The number of hydrogen-bond acceptors (Lipinski definition) is 5. The molecule has 0 aliphatic heterocycles. The lowest BCUT2D eigenvalue weighted by Crippen LogP contribution is -2.27. The molecule has 0 aliphatic carbocycles. The van der Waals surface area contributed by atoms with Gasteiger partial charge in [-0.2, -0.15) is 5.10 Å². The predicted octanol–water partition coefficient (Wildman–Crippen LogP) is 2.45. The average Bonchev–Trinajstić information content (AvgIpc) is 3.25. The number of halogens is 1. The highest BCUT2D eigenvalue weighted by Gasteiger charge is 2.09. The van der Waals surface area contributed by atoms with Crippen molar-refractivity contribution in [2.45, 2.75) is 19.4 Å². The van der Waals surface area contributed by atoms with Gasteiger partial charge >= 0.3 is 0 Å². The molecule has 0 radical (unpaired) electrons. The first-order chi connectivity index (χ1) is 14.5. The number of nitrogens with one attached hydrogen (secondary N) is 3. The highest BCUT2D eigenvalue weighted by atomic mass is 19.1. The van der Waals surface area contributed by atoms with E-state index in [1.807, 2.05) is 24.3 Å². The SMILES string of the molecule is COc1ccc(-c2n[nH]c(CNC(=O)CCCNC(=O)c3ccc(F)cc3)n2)cc1. The maximum absolute atomic E-state index is 12.9. The molecule has 0 spiro atoms. The summed E-state index contributed by atoms with van der Waals surface area (Å²) in [6.07, 6.45) is 0.732. The van der Waals surface area contributed by atoms with Gasteiger partial charge in [0, 0.05) is 24.1 Å². The topological polar surface area (TPSA) is 109 Å². The summed E-state index contributed by atoms with van der Waals surface area (Å²) < 4.78 is 18.0. The van der Waals surface area contributed by atoms with E-state index < -0.39 is 5.82 Å². The van der Waals surface area contributed by atoms with E-state index in [0.29, 0.717) is 30.2 Å². The molecule has 3 aromatic rings. The van der Waals surface area contributed by atoms with Gasteiger partial charge in [0.25, 0.3) is 5.91 Å². The Morgan fingerprint density at radius 3 is 2.50 bits per heavy atom. The Morgan fingerprint density at radius 1 is 1.07 bits per heavy atom. The number of aromatic amines is 1. The Bertz CT molecular complexity index is 987.